The van der Waals surface area contributed by atoms with Crippen LogP contribution in [0.15, 0.2) is 36.7 Å². The van der Waals surface area contributed by atoms with Gasteiger partial charge >= 0.3 is 12.1 Å². The van der Waals surface area contributed by atoms with Crippen LogP contribution in [0.25, 0.3) is 0 Å². The maximum Gasteiger partial charge on any atom is 0.490 e. The van der Waals surface area contributed by atoms with E-state index in [0.29, 0.717) is 6.04 Å². The minimum atomic E-state index is -5.08. The predicted molar refractivity (Wildman–Crippen MR) is 109 cm³/mol. The van der Waals surface area contributed by atoms with Crippen molar-refractivity contribution in [3.05, 3.63) is 53.3 Å². The van der Waals surface area contributed by atoms with Crippen molar-refractivity contribution in [1.82, 2.24) is 19.6 Å². The Morgan fingerprint density at radius 1 is 1.26 bits per heavy atom. The zero-order valence-corrected chi connectivity index (χ0v) is 17.9. The number of aryl methyl sites for hydroxylation is 2. The third-order valence-electron chi connectivity index (χ3n) is 5.26. The van der Waals surface area contributed by atoms with E-state index in [-0.39, 0.29) is 11.9 Å². The van der Waals surface area contributed by atoms with Gasteiger partial charge in [0.05, 0.1) is 12.2 Å². The lowest BCUT2D eigenvalue weighted by molar-refractivity contribution is -0.192. The Labute approximate surface area is 179 Å². The highest BCUT2D eigenvalue weighted by atomic mass is 19.4. The quantitative estimate of drug-likeness (QED) is 0.791. The summed E-state index contributed by atoms with van der Waals surface area (Å²) in [5, 5.41) is 11.4. The lowest BCUT2D eigenvalue weighted by Gasteiger charge is -2.31. The van der Waals surface area contributed by atoms with Crippen molar-refractivity contribution in [2.24, 2.45) is 7.05 Å². The number of hydrogen-bond donors (Lipinski definition) is 1. The van der Waals surface area contributed by atoms with Crippen molar-refractivity contribution >= 4 is 11.9 Å². The molecular weight excluding hydrogens is 413 g/mol. The molecule has 0 spiro atoms. The highest BCUT2D eigenvalue weighted by Gasteiger charge is 2.39. The summed E-state index contributed by atoms with van der Waals surface area (Å²) in [4.78, 5) is 26.3. The molecule has 0 bridgehead atoms. The van der Waals surface area contributed by atoms with Gasteiger partial charge in [0.25, 0.3) is 5.91 Å². The molecule has 1 N–H and O–H groups in total. The van der Waals surface area contributed by atoms with Crippen LogP contribution in [-0.4, -0.2) is 75.5 Å². The summed E-state index contributed by atoms with van der Waals surface area (Å²) in [7, 11) is 6.13. The topological polar surface area (TPSA) is 78.7 Å². The van der Waals surface area contributed by atoms with Crippen LogP contribution in [0.4, 0.5) is 13.2 Å². The molecule has 2 aromatic rings. The minimum absolute atomic E-state index is 0.145. The fourth-order valence-electron chi connectivity index (χ4n) is 3.72. The van der Waals surface area contributed by atoms with Crippen LogP contribution in [0.5, 0.6) is 0 Å². The van der Waals surface area contributed by atoms with Crippen LogP contribution in [0.2, 0.25) is 0 Å². The maximum atomic E-state index is 13.1. The molecule has 2 atom stereocenters. The Kier molecular flexibility index (Phi) is 7.83. The maximum absolute atomic E-state index is 13.1. The lowest BCUT2D eigenvalue weighted by Crippen LogP contribution is -2.45. The fraction of sp³-hybridized carbons (Fsp3) is 0.476. The van der Waals surface area contributed by atoms with Gasteiger partial charge in [-0.2, -0.15) is 18.3 Å². The van der Waals surface area contributed by atoms with Crippen molar-refractivity contribution in [2.75, 3.05) is 20.6 Å². The van der Waals surface area contributed by atoms with Crippen molar-refractivity contribution in [3.8, 4) is 0 Å². The summed E-state index contributed by atoms with van der Waals surface area (Å²) < 4.78 is 33.6. The molecule has 1 aliphatic rings. The van der Waals surface area contributed by atoms with E-state index in [2.05, 4.69) is 29.0 Å². The zero-order chi connectivity index (χ0) is 23.3. The summed E-state index contributed by atoms with van der Waals surface area (Å²) in [6, 6.07) is 8.40. The number of likely N-dealkylation sites (N-methyl/N-ethyl adjacent to an activating group) is 1. The van der Waals surface area contributed by atoms with Crippen molar-refractivity contribution in [2.45, 2.75) is 38.0 Å². The minimum Gasteiger partial charge on any atom is -0.475 e. The zero-order valence-electron chi connectivity index (χ0n) is 17.9. The third kappa shape index (κ3) is 6.30. The number of rotatable bonds is 4. The summed E-state index contributed by atoms with van der Waals surface area (Å²) in [6.07, 6.45) is 0.715. The van der Waals surface area contributed by atoms with Gasteiger partial charge in [-0.1, -0.05) is 18.2 Å². The molecular formula is C21H27F3N4O3. The molecule has 3 rings (SSSR count). The molecule has 7 nitrogen and oxygen atoms in total. The number of carbonyl (C=O) groups excluding carboxylic acids is 1. The van der Waals surface area contributed by atoms with Crippen molar-refractivity contribution in [3.63, 3.8) is 0 Å². The molecule has 1 aromatic heterocycles. The molecule has 170 valence electrons. The van der Waals surface area contributed by atoms with Crippen LogP contribution in [0.1, 0.15) is 27.9 Å². The predicted octanol–water partition coefficient (Wildman–Crippen LogP) is 2.75. The van der Waals surface area contributed by atoms with E-state index >= 15 is 0 Å². The number of carboxylic acid groups (broad SMARTS) is 1. The lowest BCUT2D eigenvalue weighted by atomic mass is 10.0. The first-order valence-corrected chi connectivity index (χ1v) is 9.72. The monoisotopic (exact) mass is 440 g/mol. The molecule has 1 saturated heterocycles. The van der Waals surface area contributed by atoms with Crippen molar-refractivity contribution < 1.29 is 27.9 Å². The summed E-state index contributed by atoms with van der Waals surface area (Å²) >= 11 is 0. The Morgan fingerprint density at radius 3 is 2.35 bits per heavy atom. The normalized spacial score (nSPS) is 18.6. The van der Waals surface area contributed by atoms with Crippen molar-refractivity contribution in [1.29, 1.82) is 0 Å². The van der Waals surface area contributed by atoms with E-state index in [9.17, 15) is 18.0 Å². The number of benzene rings is 1. The highest BCUT2D eigenvalue weighted by Crippen LogP contribution is 2.27. The van der Waals surface area contributed by atoms with E-state index in [1.54, 1.807) is 0 Å². The van der Waals surface area contributed by atoms with Gasteiger partial charge in [-0.05, 0) is 51.1 Å². The molecule has 1 fully saturated rings. The molecule has 1 aromatic carbocycles. The fourth-order valence-corrected chi connectivity index (χ4v) is 3.72. The van der Waals surface area contributed by atoms with E-state index in [1.165, 1.54) is 5.56 Å². The number of nitrogens with zero attached hydrogens (tertiary/aromatic N) is 4. The summed E-state index contributed by atoms with van der Waals surface area (Å²) in [5.41, 5.74) is 3.03. The van der Waals surface area contributed by atoms with Crippen LogP contribution >= 0.6 is 0 Å². The SMILES string of the molecule is Cc1ccccc1C(=O)N1CC[C@@H](N(C)C)[C@@H]1Cc1cnn(C)c1.O=C(O)C(F)(F)F. The molecule has 0 unspecified atom stereocenters. The van der Waals surface area contributed by atoms with Gasteiger partial charge in [-0.25, -0.2) is 4.79 Å². The standard InChI is InChI=1S/C19H26N4O.C2HF3O2/c1-14-7-5-6-8-16(14)19(24)23-10-9-17(21(2)3)18(23)11-15-12-20-22(4)13-15;3-2(4,5)1(6)7/h5-8,12-13,17-18H,9-11H2,1-4H3;(H,6,7)/t17-,18+;/m1./s1. The molecule has 0 aliphatic carbocycles. The summed E-state index contributed by atoms with van der Waals surface area (Å²) in [5.74, 6) is -2.61. The first kappa shape index (κ1) is 24.4. The Bertz CT molecular complexity index is 911. The Hall–Kier alpha value is -2.88. The number of halogens is 3. The molecule has 1 aliphatic heterocycles. The second kappa shape index (κ2) is 9.95. The van der Waals surface area contributed by atoms with Gasteiger partial charge in [-0.15, -0.1) is 0 Å². The number of likely N-dealkylation sites (tertiary alicyclic amines) is 1. The highest BCUT2D eigenvalue weighted by molar-refractivity contribution is 5.96. The smallest absolute Gasteiger partial charge is 0.475 e. The molecule has 31 heavy (non-hydrogen) atoms. The molecule has 0 saturated carbocycles. The number of aromatic nitrogens is 2. The second-order valence-electron chi connectivity index (χ2n) is 7.73. The average molecular weight is 440 g/mol. The van der Waals surface area contributed by atoms with E-state index in [1.807, 2.05) is 55.3 Å². The number of amides is 1. The number of alkyl halides is 3. The van der Waals surface area contributed by atoms with Crippen LogP contribution < -0.4 is 0 Å². The van der Waals surface area contributed by atoms with E-state index < -0.39 is 12.1 Å². The van der Waals surface area contributed by atoms with Gasteiger partial charge < -0.3 is 14.9 Å². The number of carbonyl (C=O) groups is 2. The van der Waals surface area contributed by atoms with Gasteiger partial charge in [0.2, 0.25) is 0 Å². The Balaban J connectivity index is 0.000000423. The average Bonchev–Trinajstić information content (AvgIpc) is 3.28. The van der Waals surface area contributed by atoms with E-state index in [0.717, 1.165) is 30.5 Å². The second-order valence-corrected chi connectivity index (χ2v) is 7.73. The van der Waals surface area contributed by atoms with Crippen LogP contribution in [-0.2, 0) is 18.3 Å². The number of aliphatic carboxylic acids is 1. The molecule has 2 heterocycles. The van der Waals surface area contributed by atoms with Crippen LogP contribution in [0.3, 0.4) is 0 Å². The molecule has 10 heteroatoms. The Morgan fingerprint density at radius 2 is 1.87 bits per heavy atom. The number of carboxylic acids is 1. The molecule has 0 radical (unpaired) electrons. The number of hydrogen-bond acceptors (Lipinski definition) is 4. The molecule has 1 amide bonds. The largest absolute Gasteiger partial charge is 0.490 e. The first-order valence-electron chi connectivity index (χ1n) is 9.72. The van der Waals surface area contributed by atoms with Gasteiger partial charge in [0.1, 0.15) is 0 Å². The van der Waals surface area contributed by atoms with Gasteiger partial charge in [0, 0.05) is 31.4 Å². The van der Waals surface area contributed by atoms with Crippen LogP contribution in [0, 0.1) is 6.92 Å². The van der Waals surface area contributed by atoms with Gasteiger partial charge in [0.15, 0.2) is 0 Å². The summed E-state index contributed by atoms with van der Waals surface area (Å²) in [6.45, 7) is 2.81. The van der Waals surface area contributed by atoms with E-state index in [4.69, 9.17) is 9.90 Å². The first-order chi connectivity index (χ1) is 14.4. The third-order valence-corrected chi connectivity index (χ3v) is 5.26. The van der Waals surface area contributed by atoms with Gasteiger partial charge in [-0.3, -0.25) is 9.48 Å².